The zero-order valence-electron chi connectivity index (χ0n) is 16.6. The van der Waals surface area contributed by atoms with Crippen LogP contribution in [0.4, 0.5) is 5.82 Å². The minimum absolute atomic E-state index is 0.0592. The minimum atomic E-state index is -0.484. The van der Waals surface area contributed by atoms with Crippen LogP contribution >= 0.6 is 0 Å². The molecule has 8 nitrogen and oxygen atoms in total. The van der Waals surface area contributed by atoms with Gasteiger partial charge < -0.3 is 19.1 Å². The molecule has 150 valence electrons. The average Bonchev–Trinajstić information content (AvgIpc) is 3.41. The van der Waals surface area contributed by atoms with Crippen molar-refractivity contribution in [3.8, 4) is 5.75 Å². The quantitative estimate of drug-likeness (QED) is 0.673. The maximum Gasteiger partial charge on any atom is 0.263 e. The fourth-order valence-electron chi connectivity index (χ4n) is 4.52. The molecular formula is C21H24N6O2. The number of carbonyl (C=O) groups is 1. The highest BCUT2D eigenvalue weighted by molar-refractivity contribution is 5.84. The van der Waals surface area contributed by atoms with Crippen LogP contribution in [0, 0.1) is 11.8 Å². The molecule has 29 heavy (non-hydrogen) atoms. The number of aromatic nitrogens is 4. The Morgan fingerprint density at radius 1 is 1.07 bits per heavy atom. The Bertz CT molecular complexity index is 1020. The van der Waals surface area contributed by atoms with Gasteiger partial charge in [0, 0.05) is 45.1 Å². The summed E-state index contributed by atoms with van der Waals surface area (Å²) < 4.78 is 7.73. The molecule has 4 heterocycles. The van der Waals surface area contributed by atoms with Gasteiger partial charge in [-0.15, -0.1) is 0 Å². The van der Waals surface area contributed by atoms with Crippen molar-refractivity contribution in [1.29, 1.82) is 0 Å². The highest BCUT2D eigenvalue weighted by atomic mass is 16.5. The molecule has 0 saturated carbocycles. The first kappa shape index (κ1) is 17.9. The molecule has 0 aliphatic carbocycles. The van der Waals surface area contributed by atoms with Gasteiger partial charge in [0.2, 0.25) is 0 Å². The van der Waals surface area contributed by atoms with E-state index < -0.39 is 6.10 Å². The van der Waals surface area contributed by atoms with E-state index in [2.05, 4.69) is 19.9 Å². The summed E-state index contributed by atoms with van der Waals surface area (Å²) in [6.07, 6.45) is 2.89. The molecule has 2 saturated heterocycles. The lowest BCUT2D eigenvalue weighted by atomic mass is 10.0. The molecule has 3 atom stereocenters. The Labute approximate surface area is 169 Å². The summed E-state index contributed by atoms with van der Waals surface area (Å²) in [5.74, 6) is 2.56. The number of imidazole rings is 1. The zero-order valence-corrected chi connectivity index (χ0v) is 16.6. The summed E-state index contributed by atoms with van der Waals surface area (Å²) in [6.45, 7) is 5.11. The second kappa shape index (κ2) is 7.02. The average molecular weight is 392 g/mol. The normalized spacial score (nSPS) is 22.1. The third kappa shape index (κ3) is 3.18. The number of anilines is 1. The Hall–Kier alpha value is -3.16. The van der Waals surface area contributed by atoms with Gasteiger partial charge in [0.05, 0.1) is 6.33 Å². The molecule has 8 heteroatoms. The Kier molecular flexibility index (Phi) is 4.34. The SMILES string of the molecule is CC(Oc1ccccc1)C(=O)N1CC2CN(c3ncnc4c3ncn4C)CC2C1. The molecule has 2 fully saturated rings. The number of likely N-dealkylation sites (tertiary alicyclic amines) is 1. The van der Waals surface area contributed by atoms with Crippen molar-refractivity contribution in [3.63, 3.8) is 0 Å². The predicted octanol–water partition coefficient (Wildman–Crippen LogP) is 1.73. The highest BCUT2D eigenvalue weighted by Gasteiger charge is 2.43. The lowest BCUT2D eigenvalue weighted by Crippen LogP contribution is -2.41. The summed E-state index contributed by atoms with van der Waals surface area (Å²) in [5, 5.41) is 0. The van der Waals surface area contributed by atoms with Gasteiger partial charge in [0.25, 0.3) is 5.91 Å². The van der Waals surface area contributed by atoms with Gasteiger partial charge >= 0.3 is 0 Å². The smallest absolute Gasteiger partial charge is 0.263 e. The van der Waals surface area contributed by atoms with Crippen LogP contribution in [0.25, 0.3) is 11.2 Å². The van der Waals surface area contributed by atoms with E-state index in [9.17, 15) is 4.79 Å². The topological polar surface area (TPSA) is 76.4 Å². The summed E-state index contributed by atoms with van der Waals surface area (Å²) in [7, 11) is 1.94. The third-order valence-corrected chi connectivity index (χ3v) is 5.98. The predicted molar refractivity (Wildman–Crippen MR) is 109 cm³/mol. The number of hydrogen-bond acceptors (Lipinski definition) is 6. The summed E-state index contributed by atoms with van der Waals surface area (Å²) in [4.78, 5) is 30.4. The second-order valence-corrected chi connectivity index (χ2v) is 7.97. The molecule has 3 unspecified atom stereocenters. The summed E-state index contributed by atoms with van der Waals surface area (Å²) in [6, 6.07) is 9.50. The van der Waals surface area contributed by atoms with Gasteiger partial charge in [0.1, 0.15) is 12.1 Å². The molecule has 2 aliphatic heterocycles. The van der Waals surface area contributed by atoms with Crippen molar-refractivity contribution in [2.45, 2.75) is 13.0 Å². The van der Waals surface area contributed by atoms with E-state index in [1.54, 1.807) is 12.7 Å². The van der Waals surface area contributed by atoms with E-state index in [1.165, 1.54) is 0 Å². The van der Waals surface area contributed by atoms with Crippen LogP contribution in [0.3, 0.4) is 0 Å². The maximum absolute atomic E-state index is 12.9. The fraction of sp³-hybridized carbons (Fsp3) is 0.429. The van der Waals surface area contributed by atoms with Gasteiger partial charge in [-0.2, -0.15) is 0 Å². The molecule has 0 bridgehead atoms. The van der Waals surface area contributed by atoms with E-state index >= 15 is 0 Å². The largest absolute Gasteiger partial charge is 0.481 e. The molecule has 2 aromatic heterocycles. The number of rotatable bonds is 4. The van der Waals surface area contributed by atoms with Crippen molar-refractivity contribution >= 4 is 22.9 Å². The van der Waals surface area contributed by atoms with E-state index in [0.29, 0.717) is 11.8 Å². The number of benzene rings is 1. The third-order valence-electron chi connectivity index (χ3n) is 5.98. The number of ether oxygens (including phenoxy) is 1. The second-order valence-electron chi connectivity index (χ2n) is 7.97. The minimum Gasteiger partial charge on any atom is -0.481 e. The lowest BCUT2D eigenvalue weighted by Gasteiger charge is -2.25. The molecule has 0 spiro atoms. The lowest BCUT2D eigenvalue weighted by molar-refractivity contribution is -0.137. The first-order valence-electron chi connectivity index (χ1n) is 9.97. The molecule has 3 aromatic rings. The Balaban J connectivity index is 1.24. The van der Waals surface area contributed by atoms with Crippen LogP contribution in [0.15, 0.2) is 43.0 Å². The summed E-state index contributed by atoms with van der Waals surface area (Å²) in [5.41, 5.74) is 1.68. The van der Waals surface area contributed by atoms with Crippen LogP contribution in [-0.2, 0) is 11.8 Å². The van der Waals surface area contributed by atoms with E-state index in [-0.39, 0.29) is 5.91 Å². The molecule has 0 radical (unpaired) electrons. The van der Waals surface area contributed by atoms with Crippen molar-refractivity contribution in [1.82, 2.24) is 24.4 Å². The van der Waals surface area contributed by atoms with Crippen LogP contribution in [-0.4, -0.2) is 62.6 Å². The molecule has 0 N–H and O–H groups in total. The standard InChI is InChI=1S/C21H24N6O2/c1-14(29-17-6-4-3-5-7-17)21(28)27-10-15-8-26(9-16(15)11-27)20-18-19(22-12-23-20)25(2)13-24-18/h3-7,12-16H,8-11H2,1-2H3. The molecule has 1 amide bonds. The first-order valence-corrected chi connectivity index (χ1v) is 9.97. The van der Waals surface area contributed by atoms with E-state index in [4.69, 9.17) is 4.74 Å². The van der Waals surface area contributed by atoms with Gasteiger partial charge in [-0.1, -0.05) is 18.2 Å². The molecule has 2 aliphatic rings. The van der Waals surface area contributed by atoms with E-state index in [0.717, 1.165) is 48.9 Å². The number of nitrogens with zero attached hydrogens (tertiary/aromatic N) is 6. The number of hydrogen-bond donors (Lipinski definition) is 0. The molecule has 1 aromatic carbocycles. The van der Waals surface area contributed by atoms with Crippen molar-refractivity contribution in [3.05, 3.63) is 43.0 Å². The maximum atomic E-state index is 12.9. The van der Waals surface area contributed by atoms with Crippen molar-refractivity contribution in [2.24, 2.45) is 18.9 Å². The van der Waals surface area contributed by atoms with Crippen LogP contribution in [0.1, 0.15) is 6.92 Å². The highest BCUT2D eigenvalue weighted by Crippen LogP contribution is 2.35. The summed E-state index contributed by atoms with van der Waals surface area (Å²) >= 11 is 0. The Morgan fingerprint density at radius 2 is 1.79 bits per heavy atom. The first-order chi connectivity index (χ1) is 14.1. The van der Waals surface area contributed by atoms with Gasteiger partial charge in [0.15, 0.2) is 23.1 Å². The number of carbonyl (C=O) groups excluding carboxylic acids is 1. The van der Waals surface area contributed by atoms with Crippen molar-refractivity contribution in [2.75, 3.05) is 31.1 Å². The van der Waals surface area contributed by atoms with Gasteiger partial charge in [-0.3, -0.25) is 4.79 Å². The fourth-order valence-corrected chi connectivity index (χ4v) is 4.52. The van der Waals surface area contributed by atoms with Crippen LogP contribution in [0.5, 0.6) is 5.75 Å². The van der Waals surface area contributed by atoms with E-state index in [1.807, 2.05) is 53.8 Å². The number of aryl methyl sites for hydroxylation is 1. The van der Waals surface area contributed by atoms with Gasteiger partial charge in [-0.05, 0) is 19.1 Å². The van der Waals surface area contributed by atoms with Crippen LogP contribution < -0.4 is 9.64 Å². The van der Waals surface area contributed by atoms with Crippen LogP contribution in [0.2, 0.25) is 0 Å². The number of amides is 1. The van der Waals surface area contributed by atoms with Gasteiger partial charge in [-0.25, -0.2) is 15.0 Å². The monoisotopic (exact) mass is 392 g/mol. The Morgan fingerprint density at radius 3 is 2.52 bits per heavy atom. The molecule has 5 rings (SSSR count). The number of fused-ring (bicyclic) bond motifs is 2. The van der Waals surface area contributed by atoms with Crippen molar-refractivity contribution < 1.29 is 9.53 Å². The zero-order chi connectivity index (χ0) is 20.0. The molecular weight excluding hydrogens is 368 g/mol. The number of para-hydroxylation sites is 1.